The normalized spacial score (nSPS) is 10.4. The first-order valence-electron chi connectivity index (χ1n) is 4.36. The zero-order chi connectivity index (χ0) is 9.97. The molecule has 6 heteroatoms. The molecule has 6 nitrogen and oxygen atoms in total. The van der Waals surface area contributed by atoms with Crippen LogP contribution < -0.4 is 10.1 Å². The largest absolute Gasteiger partial charge is 0.465 e. The van der Waals surface area contributed by atoms with Crippen LogP contribution in [0.15, 0.2) is 6.33 Å². The zero-order valence-corrected chi connectivity index (χ0v) is 8.03. The van der Waals surface area contributed by atoms with Crippen molar-refractivity contribution < 1.29 is 4.74 Å². The van der Waals surface area contributed by atoms with Crippen molar-refractivity contribution in [3.8, 4) is 6.01 Å². The Bertz CT molecular complexity index is 438. The van der Waals surface area contributed by atoms with Gasteiger partial charge >= 0.3 is 0 Å². The van der Waals surface area contributed by atoms with Gasteiger partial charge in [-0.1, -0.05) is 0 Å². The molecule has 0 aliphatic carbocycles. The predicted molar refractivity (Wildman–Crippen MR) is 52.4 cm³/mol. The number of rotatable bonds is 3. The van der Waals surface area contributed by atoms with Gasteiger partial charge in [-0.05, 0) is 6.92 Å². The Balaban J connectivity index is 2.52. The van der Waals surface area contributed by atoms with Crippen molar-refractivity contribution in [2.45, 2.75) is 6.92 Å². The molecule has 2 N–H and O–H groups in total. The summed E-state index contributed by atoms with van der Waals surface area (Å²) in [5, 5.41) is 2.95. The number of anilines is 1. The molecule has 0 fully saturated rings. The van der Waals surface area contributed by atoms with Crippen LogP contribution in [0.1, 0.15) is 6.92 Å². The highest BCUT2D eigenvalue weighted by atomic mass is 16.5. The summed E-state index contributed by atoms with van der Waals surface area (Å²) < 4.78 is 5.23. The van der Waals surface area contributed by atoms with Gasteiger partial charge in [-0.3, -0.25) is 0 Å². The SMILES string of the molecule is CCOc1nc2ncnc(NC)c2[nH]1. The molecule has 0 saturated carbocycles. The predicted octanol–water partition coefficient (Wildman–Crippen LogP) is 0.793. The Morgan fingerprint density at radius 1 is 1.50 bits per heavy atom. The van der Waals surface area contributed by atoms with Gasteiger partial charge < -0.3 is 15.0 Å². The lowest BCUT2D eigenvalue weighted by atomic mass is 10.5. The molecule has 0 amide bonds. The number of aromatic nitrogens is 4. The molecule has 0 aromatic carbocycles. The Hall–Kier alpha value is -1.85. The minimum atomic E-state index is 0.472. The van der Waals surface area contributed by atoms with Crippen molar-refractivity contribution in [2.24, 2.45) is 0 Å². The van der Waals surface area contributed by atoms with Gasteiger partial charge in [0.15, 0.2) is 11.5 Å². The summed E-state index contributed by atoms with van der Waals surface area (Å²) in [6, 6.07) is 0.472. The third kappa shape index (κ3) is 1.34. The van der Waals surface area contributed by atoms with E-state index in [9.17, 15) is 0 Å². The molecule has 0 atom stereocenters. The molecule has 0 aliphatic rings. The summed E-state index contributed by atoms with van der Waals surface area (Å²) in [6.07, 6.45) is 1.46. The third-order valence-electron chi connectivity index (χ3n) is 1.78. The van der Waals surface area contributed by atoms with E-state index in [0.29, 0.717) is 24.1 Å². The van der Waals surface area contributed by atoms with Crippen molar-refractivity contribution in [3.05, 3.63) is 6.33 Å². The molecule has 0 unspecified atom stereocenters. The van der Waals surface area contributed by atoms with Crippen LogP contribution >= 0.6 is 0 Å². The quantitative estimate of drug-likeness (QED) is 0.753. The second-order valence-corrected chi connectivity index (χ2v) is 2.65. The van der Waals surface area contributed by atoms with Crippen molar-refractivity contribution in [2.75, 3.05) is 19.0 Å². The van der Waals surface area contributed by atoms with E-state index in [4.69, 9.17) is 4.74 Å². The Kier molecular flexibility index (Phi) is 2.18. The zero-order valence-electron chi connectivity index (χ0n) is 8.03. The number of aromatic amines is 1. The number of hydrogen-bond acceptors (Lipinski definition) is 5. The molecule has 2 rings (SSSR count). The fourth-order valence-electron chi connectivity index (χ4n) is 1.20. The molecule has 2 heterocycles. The van der Waals surface area contributed by atoms with Gasteiger partial charge in [-0.2, -0.15) is 4.98 Å². The first kappa shape index (κ1) is 8.74. The molecule has 2 aromatic heterocycles. The molecule has 14 heavy (non-hydrogen) atoms. The van der Waals surface area contributed by atoms with Crippen molar-refractivity contribution in [3.63, 3.8) is 0 Å². The van der Waals surface area contributed by atoms with Gasteiger partial charge in [0.05, 0.1) is 6.61 Å². The second-order valence-electron chi connectivity index (χ2n) is 2.65. The lowest BCUT2D eigenvalue weighted by molar-refractivity contribution is 0.317. The van der Waals surface area contributed by atoms with Crippen LogP contribution in [0.25, 0.3) is 11.2 Å². The number of H-pyrrole nitrogens is 1. The van der Waals surface area contributed by atoms with Gasteiger partial charge in [0, 0.05) is 7.05 Å². The van der Waals surface area contributed by atoms with Crippen LogP contribution in [0.4, 0.5) is 5.82 Å². The van der Waals surface area contributed by atoms with E-state index in [0.717, 1.165) is 5.52 Å². The van der Waals surface area contributed by atoms with E-state index in [1.807, 2.05) is 6.92 Å². The highest BCUT2D eigenvalue weighted by molar-refractivity contribution is 5.82. The highest BCUT2D eigenvalue weighted by Crippen LogP contribution is 2.18. The minimum absolute atomic E-state index is 0.472. The number of ether oxygens (including phenoxy) is 1. The summed E-state index contributed by atoms with van der Waals surface area (Å²) in [5.74, 6) is 0.716. The Morgan fingerprint density at radius 3 is 3.07 bits per heavy atom. The lowest BCUT2D eigenvalue weighted by Crippen LogP contribution is -1.94. The summed E-state index contributed by atoms with van der Waals surface area (Å²) in [7, 11) is 1.79. The van der Waals surface area contributed by atoms with Gasteiger partial charge in [0.25, 0.3) is 6.01 Å². The van der Waals surface area contributed by atoms with Crippen molar-refractivity contribution in [1.82, 2.24) is 19.9 Å². The van der Waals surface area contributed by atoms with Gasteiger partial charge in [-0.15, -0.1) is 0 Å². The third-order valence-corrected chi connectivity index (χ3v) is 1.78. The summed E-state index contributed by atoms with van der Waals surface area (Å²) in [5.41, 5.74) is 1.37. The maximum atomic E-state index is 5.23. The van der Waals surface area contributed by atoms with Crippen LogP contribution in [-0.2, 0) is 0 Å². The maximum absolute atomic E-state index is 5.23. The van der Waals surface area contributed by atoms with Crippen LogP contribution in [-0.4, -0.2) is 33.6 Å². The summed E-state index contributed by atoms with van der Waals surface area (Å²) >= 11 is 0. The molecular formula is C8H11N5O. The first-order chi connectivity index (χ1) is 6.85. The lowest BCUT2D eigenvalue weighted by Gasteiger charge is -1.97. The van der Waals surface area contributed by atoms with E-state index in [1.165, 1.54) is 6.33 Å². The smallest absolute Gasteiger partial charge is 0.296 e. The number of fused-ring (bicyclic) bond motifs is 1. The van der Waals surface area contributed by atoms with E-state index < -0.39 is 0 Å². The first-order valence-corrected chi connectivity index (χ1v) is 4.36. The number of imidazole rings is 1. The average Bonchev–Trinajstić information content (AvgIpc) is 2.60. The molecule has 0 aliphatic heterocycles. The van der Waals surface area contributed by atoms with Gasteiger partial charge in [0.2, 0.25) is 0 Å². The Labute approximate surface area is 80.7 Å². The maximum Gasteiger partial charge on any atom is 0.296 e. The molecule has 74 valence electrons. The van der Waals surface area contributed by atoms with Crippen molar-refractivity contribution >= 4 is 17.0 Å². The molecule has 0 saturated heterocycles. The number of nitrogens with one attached hydrogen (secondary N) is 2. The van der Waals surface area contributed by atoms with E-state index >= 15 is 0 Å². The van der Waals surface area contributed by atoms with Crippen LogP contribution in [0.3, 0.4) is 0 Å². The molecule has 0 spiro atoms. The fourth-order valence-corrected chi connectivity index (χ4v) is 1.20. The average molecular weight is 193 g/mol. The topological polar surface area (TPSA) is 75.7 Å². The van der Waals surface area contributed by atoms with Crippen LogP contribution in [0.2, 0.25) is 0 Å². The van der Waals surface area contributed by atoms with Gasteiger partial charge in [0.1, 0.15) is 11.8 Å². The summed E-state index contributed by atoms with van der Waals surface area (Å²) in [6.45, 7) is 2.47. The molecular weight excluding hydrogens is 182 g/mol. The number of nitrogens with zero attached hydrogens (tertiary/aromatic N) is 3. The molecule has 0 radical (unpaired) electrons. The van der Waals surface area contributed by atoms with E-state index in [2.05, 4.69) is 25.3 Å². The highest BCUT2D eigenvalue weighted by Gasteiger charge is 2.08. The summed E-state index contributed by atoms with van der Waals surface area (Å²) in [4.78, 5) is 15.2. The van der Waals surface area contributed by atoms with E-state index in [1.54, 1.807) is 7.05 Å². The van der Waals surface area contributed by atoms with Crippen molar-refractivity contribution in [1.29, 1.82) is 0 Å². The molecule has 0 bridgehead atoms. The van der Waals surface area contributed by atoms with Crippen LogP contribution in [0, 0.1) is 0 Å². The monoisotopic (exact) mass is 193 g/mol. The minimum Gasteiger partial charge on any atom is -0.465 e. The van der Waals surface area contributed by atoms with E-state index in [-0.39, 0.29) is 0 Å². The van der Waals surface area contributed by atoms with Crippen LogP contribution in [0.5, 0.6) is 6.01 Å². The van der Waals surface area contributed by atoms with Gasteiger partial charge in [-0.25, -0.2) is 9.97 Å². The second kappa shape index (κ2) is 3.49. The fraction of sp³-hybridized carbons (Fsp3) is 0.375. The Morgan fingerprint density at radius 2 is 2.36 bits per heavy atom. The number of hydrogen-bond donors (Lipinski definition) is 2. The molecule has 2 aromatic rings. The standard InChI is InChI=1S/C8H11N5O/c1-3-14-8-12-5-6(9-2)10-4-11-7(5)13-8/h4H,3H2,1-2H3,(H2,9,10,11,12,13).